The number of rotatable bonds is 6. The van der Waals surface area contributed by atoms with Gasteiger partial charge in [0, 0.05) is 48.2 Å². The number of nitrogens with zero attached hydrogens (tertiary/aromatic N) is 5. The molecule has 2 N–H and O–H groups in total. The zero-order valence-corrected chi connectivity index (χ0v) is 21.4. The monoisotopic (exact) mass is 501 g/mol. The predicted molar refractivity (Wildman–Crippen MR) is 144 cm³/mol. The Kier molecular flexibility index (Phi) is 6.67. The van der Waals surface area contributed by atoms with E-state index in [1.807, 2.05) is 53.0 Å². The highest BCUT2D eigenvalue weighted by atomic mass is 16.7. The molecule has 9 nitrogen and oxygen atoms in total. The van der Waals surface area contributed by atoms with Gasteiger partial charge in [0.15, 0.2) is 5.65 Å². The number of benzene rings is 1. The summed E-state index contributed by atoms with van der Waals surface area (Å²) in [5, 5.41) is 13.4. The van der Waals surface area contributed by atoms with Gasteiger partial charge in [0.1, 0.15) is 0 Å². The van der Waals surface area contributed by atoms with E-state index in [9.17, 15) is 4.79 Å². The third-order valence-electron chi connectivity index (χ3n) is 7.96. The molecule has 1 spiro atoms. The molecule has 2 aromatic heterocycles. The van der Waals surface area contributed by atoms with E-state index in [0.717, 1.165) is 87.3 Å². The van der Waals surface area contributed by atoms with Crippen molar-refractivity contribution in [3.8, 4) is 0 Å². The largest absolute Gasteiger partial charge is 0.333 e. The summed E-state index contributed by atoms with van der Waals surface area (Å²) in [4.78, 5) is 25.9. The molecule has 0 radical (unpaired) electrons. The molecular weight excluding hydrogens is 466 g/mol. The molecule has 0 bridgehead atoms. The Labute approximate surface area is 217 Å². The van der Waals surface area contributed by atoms with Crippen molar-refractivity contribution in [3.63, 3.8) is 0 Å². The average Bonchev–Trinajstić information content (AvgIpc) is 3.53. The van der Waals surface area contributed by atoms with Gasteiger partial charge < -0.3 is 15.5 Å². The van der Waals surface area contributed by atoms with E-state index in [4.69, 9.17) is 9.82 Å². The number of hydrogen-bond acceptors (Lipinski definition) is 7. The van der Waals surface area contributed by atoms with E-state index in [1.165, 1.54) is 5.57 Å². The molecule has 3 aromatic rings. The highest BCUT2D eigenvalue weighted by molar-refractivity contribution is 5.95. The second kappa shape index (κ2) is 10.2. The molecular formula is C28H35N7O2. The molecule has 3 aliphatic heterocycles. The maximum atomic E-state index is 13.4. The maximum Gasteiger partial charge on any atom is 0.254 e. The minimum absolute atomic E-state index is 0.0342. The summed E-state index contributed by atoms with van der Waals surface area (Å²) in [6.45, 7) is 7.15. The lowest BCUT2D eigenvalue weighted by atomic mass is 9.85. The first-order valence-corrected chi connectivity index (χ1v) is 13.5. The summed E-state index contributed by atoms with van der Waals surface area (Å²) >= 11 is 0. The van der Waals surface area contributed by atoms with E-state index in [-0.39, 0.29) is 11.4 Å². The summed E-state index contributed by atoms with van der Waals surface area (Å²) in [7, 11) is 0. The van der Waals surface area contributed by atoms with Crippen LogP contribution in [-0.2, 0) is 4.84 Å². The van der Waals surface area contributed by atoms with Crippen LogP contribution in [0.5, 0.6) is 0 Å². The zero-order valence-electron chi connectivity index (χ0n) is 21.4. The third-order valence-corrected chi connectivity index (χ3v) is 7.96. The predicted octanol–water partition coefficient (Wildman–Crippen LogP) is 3.87. The maximum absolute atomic E-state index is 13.4. The number of anilines is 2. The number of fused-ring (bicyclic) bond motifs is 1. The fraction of sp³-hybridized carbons (Fsp3) is 0.464. The second-order valence-electron chi connectivity index (χ2n) is 10.1. The average molecular weight is 502 g/mol. The van der Waals surface area contributed by atoms with Gasteiger partial charge in [-0.1, -0.05) is 6.08 Å². The SMILES string of the molecule is CCON1CC=C(c2cccn3nc(Nc4ccc(C(=O)N5CCCC56CCNCC6)cc4)nc23)CC1. The van der Waals surface area contributed by atoms with Gasteiger partial charge in [-0.05, 0) is 94.1 Å². The van der Waals surface area contributed by atoms with Crippen molar-refractivity contribution in [2.75, 3.05) is 44.6 Å². The molecule has 194 valence electrons. The molecule has 5 heterocycles. The van der Waals surface area contributed by atoms with Crippen LogP contribution in [-0.4, -0.2) is 75.3 Å². The number of hydroxylamine groups is 2. The number of aromatic nitrogens is 3. The molecule has 0 aliphatic carbocycles. The number of piperidine rings is 1. The Bertz CT molecular complexity index is 1290. The quantitative estimate of drug-likeness (QED) is 0.530. The fourth-order valence-corrected chi connectivity index (χ4v) is 6.05. The number of hydrogen-bond donors (Lipinski definition) is 2. The van der Waals surface area contributed by atoms with E-state index >= 15 is 0 Å². The lowest BCUT2D eigenvalue weighted by Crippen LogP contribution is -2.53. The van der Waals surface area contributed by atoms with Gasteiger partial charge in [-0.3, -0.25) is 9.63 Å². The highest BCUT2D eigenvalue weighted by Crippen LogP contribution is 2.38. The van der Waals surface area contributed by atoms with E-state index in [0.29, 0.717) is 12.6 Å². The zero-order chi connectivity index (χ0) is 25.2. The first kappa shape index (κ1) is 24.1. The fourth-order valence-electron chi connectivity index (χ4n) is 6.05. The first-order valence-electron chi connectivity index (χ1n) is 13.5. The van der Waals surface area contributed by atoms with Crippen LogP contribution in [0.15, 0.2) is 48.7 Å². The van der Waals surface area contributed by atoms with Crippen LogP contribution in [0, 0.1) is 0 Å². The Balaban J connectivity index is 1.17. The number of pyridine rings is 1. The molecule has 0 unspecified atom stereocenters. The molecule has 9 heteroatoms. The number of amides is 1. The normalized spacial score (nSPS) is 19.9. The van der Waals surface area contributed by atoms with Crippen LogP contribution in [0.25, 0.3) is 11.2 Å². The van der Waals surface area contributed by atoms with Gasteiger partial charge in [0.2, 0.25) is 5.95 Å². The summed E-state index contributed by atoms with van der Waals surface area (Å²) < 4.78 is 1.82. The number of nitrogens with one attached hydrogen (secondary N) is 2. The third kappa shape index (κ3) is 4.74. The van der Waals surface area contributed by atoms with Gasteiger partial charge in [-0.2, -0.15) is 10.0 Å². The van der Waals surface area contributed by atoms with E-state index in [2.05, 4.69) is 32.8 Å². The Morgan fingerprint density at radius 2 is 1.97 bits per heavy atom. The first-order chi connectivity index (χ1) is 18.1. The Morgan fingerprint density at radius 1 is 1.14 bits per heavy atom. The van der Waals surface area contributed by atoms with E-state index < -0.39 is 0 Å². The molecule has 2 saturated heterocycles. The molecule has 0 atom stereocenters. The van der Waals surface area contributed by atoms with Crippen LogP contribution in [0.2, 0.25) is 0 Å². The van der Waals surface area contributed by atoms with Gasteiger partial charge in [-0.25, -0.2) is 4.52 Å². The van der Waals surface area contributed by atoms with Crippen molar-refractivity contribution in [1.29, 1.82) is 0 Å². The molecule has 0 saturated carbocycles. The number of likely N-dealkylation sites (tertiary alicyclic amines) is 1. The lowest BCUT2D eigenvalue weighted by molar-refractivity contribution is -0.147. The van der Waals surface area contributed by atoms with Crippen molar-refractivity contribution in [3.05, 3.63) is 59.8 Å². The summed E-state index contributed by atoms with van der Waals surface area (Å²) in [5.74, 6) is 0.678. The summed E-state index contributed by atoms with van der Waals surface area (Å²) in [6.07, 6.45) is 9.32. The number of carbonyl (C=O) groups excluding carboxylic acids is 1. The van der Waals surface area contributed by atoms with Crippen LogP contribution < -0.4 is 10.6 Å². The Hall–Kier alpha value is -3.27. The van der Waals surface area contributed by atoms with Crippen molar-refractivity contribution >= 4 is 28.8 Å². The van der Waals surface area contributed by atoms with Gasteiger partial charge in [0.25, 0.3) is 5.91 Å². The van der Waals surface area contributed by atoms with E-state index in [1.54, 1.807) is 0 Å². The van der Waals surface area contributed by atoms with Crippen molar-refractivity contribution < 1.29 is 9.63 Å². The van der Waals surface area contributed by atoms with Crippen molar-refractivity contribution in [2.24, 2.45) is 0 Å². The van der Waals surface area contributed by atoms with Gasteiger partial charge in [0.05, 0.1) is 6.61 Å². The summed E-state index contributed by atoms with van der Waals surface area (Å²) in [6, 6.07) is 11.8. The molecule has 1 aromatic carbocycles. The lowest BCUT2D eigenvalue weighted by Gasteiger charge is -2.42. The topological polar surface area (TPSA) is 87.0 Å². The number of carbonyl (C=O) groups is 1. The smallest absolute Gasteiger partial charge is 0.254 e. The van der Waals surface area contributed by atoms with Gasteiger partial charge in [-0.15, -0.1) is 5.10 Å². The van der Waals surface area contributed by atoms with Crippen LogP contribution >= 0.6 is 0 Å². The second-order valence-corrected chi connectivity index (χ2v) is 10.1. The van der Waals surface area contributed by atoms with Crippen molar-refractivity contribution in [2.45, 2.75) is 44.6 Å². The Morgan fingerprint density at radius 3 is 2.73 bits per heavy atom. The van der Waals surface area contributed by atoms with Crippen LogP contribution in [0.1, 0.15) is 54.9 Å². The minimum atomic E-state index is 0.0342. The van der Waals surface area contributed by atoms with Crippen LogP contribution in [0.3, 0.4) is 0 Å². The molecule has 1 amide bonds. The molecule has 37 heavy (non-hydrogen) atoms. The van der Waals surface area contributed by atoms with Crippen LogP contribution in [0.4, 0.5) is 11.6 Å². The molecule has 3 aliphatic rings. The minimum Gasteiger partial charge on any atom is -0.333 e. The highest BCUT2D eigenvalue weighted by Gasteiger charge is 2.44. The molecule has 6 rings (SSSR count). The standard InChI is InChI=1S/C28H35N7O2/c1-2-37-33-19-10-21(11-20-33)24-5-3-18-35-25(24)31-27(32-35)30-23-8-6-22(7-9-23)26(36)34-17-4-12-28(34)13-15-29-16-14-28/h3,5-10,18,29H,2,4,11-17,19-20H2,1H3,(H,30,32). The summed E-state index contributed by atoms with van der Waals surface area (Å²) in [5.41, 5.74) is 4.81. The molecule has 2 fully saturated rings. The van der Waals surface area contributed by atoms with Crippen molar-refractivity contribution in [1.82, 2.24) is 29.9 Å². The van der Waals surface area contributed by atoms with Gasteiger partial charge >= 0.3 is 0 Å².